The molecule has 0 aliphatic carbocycles. The molecule has 0 bridgehead atoms. The normalized spacial score (nSPS) is 17.3. The molecule has 1 saturated heterocycles. The van der Waals surface area contributed by atoms with Crippen molar-refractivity contribution < 1.29 is 9.21 Å². The maximum Gasteiger partial charge on any atom is 0.236 e. The average Bonchev–Trinajstić information content (AvgIpc) is 2.94. The number of carbonyl (C=O) groups is 1. The van der Waals surface area contributed by atoms with Crippen LogP contribution < -0.4 is 5.32 Å². The average molecular weight is 279 g/mol. The molecule has 1 amide bonds. The predicted molar refractivity (Wildman–Crippen MR) is 78.3 cm³/mol. The molecule has 5 nitrogen and oxygen atoms in total. The highest BCUT2D eigenvalue weighted by Gasteiger charge is 2.21. The molecule has 112 valence electrons. The second-order valence-corrected chi connectivity index (χ2v) is 5.61. The fourth-order valence-electron chi connectivity index (χ4n) is 2.67. The third-order valence-corrected chi connectivity index (χ3v) is 3.96. The molecule has 2 rings (SSSR count). The van der Waals surface area contributed by atoms with Crippen molar-refractivity contribution in [2.24, 2.45) is 5.92 Å². The Bertz CT molecular complexity index is 397. The highest BCUT2D eigenvalue weighted by Crippen LogP contribution is 2.16. The summed E-state index contributed by atoms with van der Waals surface area (Å²) < 4.78 is 5.27. The van der Waals surface area contributed by atoms with Crippen LogP contribution in [0.5, 0.6) is 0 Å². The first-order chi connectivity index (χ1) is 9.69. The lowest BCUT2D eigenvalue weighted by Crippen LogP contribution is -2.43. The van der Waals surface area contributed by atoms with Gasteiger partial charge < -0.3 is 14.6 Å². The van der Waals surface area contributed by atoms with E-state index >= 15 is 0 Å². The Morgan fingerprint density at radius 1 is 1.50 bits per heavy atom. The minimum atomic E-state index is 0.161. The quantitative estimate of drug-likeness (QED) is 0.849. The molecule has 0 aromatic carbocycles. The number of likely N-dealkylation sites (N-methyl/N-ethyl adjacent to an activating group) is 1. The summed E-state index contributed by atoms with van der Waals surface area (Å²) in [5, 5.41) is 3.23. The standard InChI is InChI=1S/C15H25N3O2/c1-16-10-13-5-7-18(8-6-13)12-15(19)17(2)11-14-4-3-9-20-14/h3-4,9,13,16H,5-8,10-12H2,1-2H3. The van der Waals surface area contributed by atoms with Crippen molar-refractivity contribution >= 4 is 5.91 Å². The largest absolute Gasteiger partial charge is 0.467 e. The van der Waals surface area contributed by atoms with Gasteiger partial charge in [-0.3, -0.25) is 9.69 Å². The summed E-state index contributed by atoms with van der Waals surface area (Å²) in [5.41, 5.74) is 0. The Morgan fingerprint density at radius 2 is 2.25 bits per heavy atom. The van der Waals surface area contributed by atoms with Gasteiger partial charge in [-0.1, -0.05) is 0 Å². The van der Waals surface area contributed by atoms with E-state index in [1.807, 2.05) is 26.2 Å². The second kappa shape index (κ2) is 7.45. The topological polar surface area (TPSA) is 48.7 Å². The summed E-state index contributed by atoms with van der Waals surface area (Å²) in [6.45, 7) is 4.19. The third-order valence-electron chi connectivity index (χ3n) is 3.96. The monoisotopic (exact) mass is 279 g/mol. The van der Waals surface area contributed by atoms with Crippen LogP contribution in [0.2, 0.25) is 0 Å². The lowest BCUT2D eigenvalue weighted by atomic mass is 9.97. The number of amides is 1. The molecule has 0 saturated carbocycles. The van der Waals surface area contributed by atoms with Crippen molar-refractivity contribution in [3.63, 3.8) is 0 Å². The Morgan fingerprint density at radius 3 is 2.85 bits per heavy atom. The number of nitrogens with one attached hydrogen (secondary N) is 1. The smallest absolute Gasteiger partial charge is 0.236 e. The molecule has 0 unspecified atom stereocenters. The van der Waals surface area contributed by atoms with Crippen LogP contribution in [-0.4, -0.2) is 56.0 Å². The van der Waals surface area contributed by atoms with Crippen LogP contribution in [0.25, 0.3) is 0 Å². The van der Waals surface area contributed by atoms with Gasteiger partial charge in [0.2, 0.25) is 5.91 Å². The van der Waals surface area contributed by atoms with E-state index in [0.717, 1.165) is 31.3 Å². The fourth-order valence-corrected chi connectivity index (χ4v) is 2.67. The molecule has 20 heavy (non-hydrogen) atoms. The van der Waals surface area contributed by atoms with Gasteiger partial charge in [-0.2, -0.15) is 0 Å². The summed E-state index contributed by atoms with van der Waals surface area (Å²) in [4.78, 5) is 16.2. The maximum absolute atomic E-state index is 12.2. The molecule has 0 radical (unpaired) electrons. The molecule has 0 atom stereocenters. The SMILES string of the molecule is CNCC1CCN(CC(=O)N(C)Cc2ccco2)CC1. The third kappa shape index (κ3) is 4.35. The van der Waals surface area contributed by atoms with Gasteiger partial charge in [0, 0.05) is 7.05 Å². The van der Waals surface area contributed by atoms with Crippen molar-refractivity contribution in [2.45, 2.75) is 19.4 Å². The first kappa shape index (κ1) is 15.1. The zero-order valence-electron chi connectivity index (χ0n) is 12.5. The van der Waals surface area contributed by atoms with Crippen molar-refractivity contribution in [2.75, 3.05) is 40.3 Å². The molecule has 1 aliphatic heterocycles. The Balaban J connectivity index is 1.72. The fraction of sp³-hybridized carbons (Fsp3) is 0.667. The van der Waals surface area contributed by atoms with E-state index in [0.29, 0.717) is 13.1 Å². The number of furan rings is 1. The van der Waals surface area contributed by atoms with Crippen LogP contribution in [0.4, 0.5) is 0 Å². The van der Waals surface area contributed by atoms with Crippen LogP contribution in [0.15, 0.2) is 22.8 Å². The van der Waals surface area contributed by atoms with E-state index in [1.165, 1.54) is 12.8 Å². The lowest BCUT2D eigenvalue weighted by Gasteiger charge is -2.32. The number of likely N-dealkylation sites (tertiary alicyclic amines) is 1. The van der Waals surface area contributed by atoms with Crippen molar-refractivity contribution in [3.05, 3.63) is 24.2 Å². The van der Waals surface area contributed by atoms with Crippen molar-refractivity contribution in [1.82, 2.24) is 15.1 Å². The van der Waals surface area contributed by atoms with E-state index in [9.17, 15) is 4.79 Å². The van der Waals surface area contributed by atoms with Gasteiger partial charge in [0.15, 0.2) is 0 Å². The maximum atomic E-state index is 12.2. The lowest BCUT2D eigenvalue weighted by molar-refractivity contribution is -0.132. The Hall–Kier alpha value is -1.33. The zero-order valence-corrected chi connectivity index (χ0v) is 12.5. The van der Waals surface area contributed by atoms with Crippen LogP contribution in [-0.2, 0) is 11.3 Å². The van der Waals surface area contributed by atoms with E-state index < -0.39 is 0 Å². The Labute approximate surface area is 120 Å². The van der Waals surface area contributed by atoms with Crippen LogP contribution in [0.1, 0.15) is 18.6 Å². The summed E-state index contributed by atoms with van der Waals surface area (Å²) in [6, 6.07) is 3.74. The number of hydrogen-bond acceptors (Lipinski definition) is 4. The highest BCUT2D eigenvalue weighted by molar-refractivity contribution is 5.77. The van der Waals surface area contributed by atoms with E-state index in [1.54, 1.807) is 11.2 Å². The molecule has 1 fully saturated rings. The summed E-state index contributed by atoms with van der Waals surface area (Å²) in [6.07, 6.45) is 3.99. The number of piperidine rings is 1. The minimum Gasteiger partial charge on any atom is -0.467 e. The molecule has 1 N–H and O–H groups in total. The van der Waals surface area contributed by atoms with Gasteiger partial charge >= 0.3 is 0 Å². The highest BCUT2D eigenvalue weighted by atomic mass is 16.3. The molecule has 0 spiro atoms. The summed E-state index contributed by atoms with van der Waals surface area (Å²) >= 11 is 0. The number of rotatable bonds is 6. The Kier molecular flexibility index (Phi) is 5.61. The summed E-state index contributed by atoms with van der Waals surface area (Å²) in [5.74, 6) is 1.74. The second-order valence-electron chi connectivity index (χ2n) is 5.61. The van der Waals surface area contributed by atoms with Crippen molar-refractivity contribution in [1.29, 1.82) is 0 Å². The number of carbonyl (C=O) groups excluding carboxylic acids is 1. The molecular weight excluding hydrogens is 254 g/mol. The molecular formula is C15H25N3O2. The van der Waals surface area contributed by atoms with Crippen LogP contribution in [0.3, 0.4) is 0 Å². The first-order valence-electron chi connectivity index (χ1n) is 7.32. The van der Waals surface area contributed by atoms with E-state index in [2.05, 4.69) is 10.2 Å². The van der Waals surface area contributed by atoms with Gasteiger partial charge in [-0.05, 0) is 57.6 Å². The number of nitrogens with zero attached hydrogens (tertiary/aromatic N) is 2. The summed E-state index contributed by atoms with van der Waals surface area (Å²) in [7, 11) is 3.83. The molecule has 2 heterocycles. The first-order valence-corrected chi connectivity index (χ1v) is 7.32. The molecule has 5 heteroatoms. The number of hydrogen-bond donors (Lipinski definition) is 1. The van der Waals surface area contributed by atoms with Crippen LogP contribution >= 0.6 is 0 Å². The zero-order chi connectivity index (χ0) is 14.4. The van der Waals surface area contributed by atoms with Gasteiger partial charge in [0.25, 0.3) is 0 Å². The van der Waals surface area contributed by atoms with Gasteiger partial charge in [-0.15, -0.1) is 0 Å². The van der Waals surface area contributed by atoms with Gasteiger partial charge in [0.1, 0.15) is 5.76 Å². The minimum absolute atomic E-state index is 0.161. The van der Waals surface area contributed by atoms with E-state index in [-0.39, 0.29) is 5.91 Å². The molecule has 1 aliphatic rings. The molecule has 1 aromatic heterocycles. The van der Waals surface area contributed by atoms with Gasteiger partial charge in [-0.25, -0.2) is 0 Å². The van der Waals surface area contributed by atoms with Gasteiger partial charge in [0.05, 0.1) is 19.4 Å². The van der Waals surface area contributed by atoms with Crippen molar-refractivity contribution in [3.8, 4) is 0 Å². The van der Waals surface area contributed by atoms with Crippen LogP contribution in [0, 0.1) is 5.92 Å². The van der Waals surface area contributed by atoms with E-state index in [4.69, 9.17) is 4.42 Å². The molecule has 1 aromatic rings. The predicted octanol–water partition coefficient (Wildman–Crippen LogP) is 1.17.